The molecule has 0 saturated carbocycles. The molecule has 2 heterocycles. The number of rotatable bonds is 2. The van der Waals surface area contributed by atoms with Gasteiger partial charge in [-0.25, -0.2) is 4.98 Å². The van der Waals surface area contributed by atoms with Crippen molar-refractivity contribution in [3.8, 4) is 34.3 Å². The Morgan fingerprint density at radius 3 is 2.60 bits per heavy atom. The number of aromatic nitrogens is 1. The van der Waals surface area contributed by atoms with Gasteiger partial charge in [0.1, 0.15) is 11.6 Å². The highest BCUT2D eigenvalue weighted by atomic mass is 32.2. The molecule has 0 spiro atoms. The molecule has 0 fully saturated rings. The normalized spacial score (nSPS) is 12.0. The van der Waals surface area contributed by atoms with Crippen LogP contribution in [0.5, 0.6) is 5.88 Å². The molecule has 0 unspecified atom stereocenters. The summed E-state index contributed by atoms with van der Waals surface area (Å²) < 4.78 is 5.46. The highest BCUT2D eigenvalue weighted by Gasteiger charge is 2.26. The molecule has 3 aromatic rings. The van der Waals surface area contributed by atoms with Gasteiger partial charge >= 0.3 is 0 Å². The van der Waals surface area contributed by atoms with Crippen LogP contribution in [0.3, 0.4) is 0 Å². The summed E-state index contributed by atoms with van der Waals surface area (Å²) in [7, 11) is 1.57. The van der Waals surface area contributed by atoms with E-state index < -0.39 is 0 Å². The highest BCUT2D eigenvalue weighted by Crippen LogP contribution is 2.46. The first kappa shape index (κ1) is 15.7. The van der Waals surface area contributed by atoms with E-state index in [1.165, 1.54) is 10.5 Å². The number of aryl methyl sites for hydroxylation is 1. The molecule has 3 nitrogen and oxygen atoms in total. The average Bonchev–Trinajstić information content (AvgIpc) is 2.67. The van der Waals surface area contributed by atoms with Gasteiger partial charge in [-0.1, -0.05) is 48.0 Å². The van der Waals surface area contributed by atoms with Crippen LogP contribution in [0.1, 0.15) is 16.7 Å². The van der Waals surface area contributed by atoms with Gasteiger partial charge in [-0.15, -0.1) is 11.8 Å². The second-order valence-electron chi connectivity index (χ2n) is 5.96. The van der Waals surface area contributed by atoms with E-state index in [2.05, 4.69) is 54.4 Å². The molecule has 122 valence electrons. The van der Waals surface area contributed by atoms with Crippen molar-refractivity contribution >= 4 is 11.8 Å². The van der Waals surface area contributed by atoms with Crippen molar-refractivity contribution < 1.29 is 4.74 Å². The molecule has 0 amide bonds. The fourth-order valence-electron chi connectivity index (χ4n) is 3.19. The Hall–Kier alpha value is -2.77. The highest BCUT2D eigenvalue weighted by molar-refractivity contribution is 7.98. The van der Waals surface area contributed by atoms with E-state index >= 15 is 0 Å². The largest absolute Gasteiger partial charge is 0.480 e. The van der Waals surface area contributed by atoms with Crippen LogP contribution in [-0.4, -0.2) is 12.1 Å². The minimum absolute atomic E-state index is 0.388. The van der Waals surface area contributed by atoms with Gasteiger partial charge in [0.05, 0.1) is 12.8 Å². The van der Waals surface area contributed by atoms with Crippen molar-refractivity contribution in [1.82, 2.24) is 4.98 Å². The van der Waals surface area contributed by atoms with Crippen LogP contribution < -0.4 is 4.74 Å². The van der Waals surface area contributed by atoms with E-state index in [9.17, 15) is 5.26 Å². The number of benzene rings is 2. The lowest BCUT2D eigenvalue weighted by atomic mass is 9.92. The van der Waals surface area contributed by atoms with E-state index in [0.717, 1.165) is 33.7 Å². The SMILES string of the molecule is COc1nc2c(c(-c3ccc(C)cc3)c1C#N)CSc1ccccc1-2. The first-order chi connectivity index (χ1) is 12.2. The Morgan fingerprint density at radius 2 is 1.88 bits per heavy atom. The average molecular weight is 344 g/mol. The van der Waals surface area contributed by atoms with Gasteiger partial charge in [-0.3, -0.25) is 0 Å². The number of ether oxygens (including phenoxy) is 1. The summed E-state index contributed by atoms with van der Waals surface area (Å²) in [6, 6.07) is 18.8. The Labute approximate surface area is 151 Å². The molecule has 0 N–H and O–H groups in total. The van der Waals surface area contributed by atoms with Crippen molar-refractivity contribution in [2.75, 3.05) is 7.11 Å². The Balaban J connectivity index is 2.07. The van der Waals surface area contributed by atoms with Crippen LogP contribution in [0.2, 0.25) is 0 Å². The van der Waals surface area contributed by atoms with E-state index in [1.54, 1.807) is 18.9 Å². The lowest BCUT2D eigenvalue weighted by molar-refractivity contribution is 0.397. The first-order valence-corrected chi connectivity index (χ1v) is 9.01. The second kappa shape index (κ2) is 6.27. The summed E-state index contributed by atoms with van der Waals surface area (Å²) in [5.74, 6) is 1.18. The van der Waals surface area contributed by atoms with Gasteiger partial charge in [-0.2, -0.15) is 5.26 Å². The zero-order chi connectivity index (χ0) is 17.4. The van der Waals surface area contributed by atoms with E-state index in [-0.39, 0.29) is 0 Å². The molecule has 1 aliphatic rings. The Morgan fingerprint density at radius 1 is 1.12 bits per heavy atom. The number of methoxy groups -OCH3 is 1. The molecule has 4 rings (SSSR count). The maximum absolute atomic E-state index is 9.77. The summed E-state index contributed by atoms with van der Waals surface area (Å²) in [5, 5.41) is 9.77. The Kier molecular flexibility index (Phi) is 3.95. The smallest absolute Gasteiger partial charge is 0.232 e. The fourth-order valence-corrected chi connectivity index (χ4v) is 4.27. The van der Waals surface area contributed by atoms with E-state index in [0.29, 0.717) is 11.4 Å². The van der Waals surface area contributed by atoms with Gasteiger partial charge in [0.2, 0.25) is 5.88 Å². The molecule has 25 heavy (non-hydrogen) atoms. The summed E-state index contributed by atoms with van der Waals surface area (Å²) in [4.78, 5) is 5.90. The summed E-state index contributed by atoms with van der Waals surface area (Å²) in [6.07, 6.45) is 0. The van der Waals surface area contributed by atoms with E-state index in [4.69, 9.17) is 4.74 Å². The van der Waals surface area contributed by atoms with Crippen molar-refractivity contribution in [2.45, 2.75) is 17.6 Å². The number of pyridine rings is 1. The topological polar surface area (TPSA) is 45.9 Å². The zero-order valence-electron chi connectivity index (χ0n) is 14.0. The van der Waals surface area contributed by atoms with Crippen molar-refractivity contribution in [2.24, 2.45) is 0 Å². The first-order valence-electron chi connectivity index (χ1n) is 8.03. The second-order valence-corrected chi connectivity index (χ2v) is 6.98. The van der Waals surface area contributed by atoms with Crippen molar-refractivity contribution in [1.29, 1.82) is 5.26 Å². The van der Waals surface area contributed by atoms with Crippen LogP contribution in [0, 0.1) is 18.3 Å². The molecular weight excluding hydrogens is 328 g/mol. The molecule has 0 bridgehead atoms. The van der Waals surface area contributed by atoms with Crippen LogP contribution in [0.15, 0.2) is 53.4 Å². The standard InChI is InChI=1S/C21H16N2OS/c1-13-7-9-14(10-8-13)19-16(11-22)21(24-2)23-20-15-5-3-4-6-18(15)25-12-17(19)20/h3-10H,12H2,1-2H3. The molecule has 0 radical (unpaired) electrons. The predicted octanol–water partition coefficient (Wildman–Crippen LogP) is 5.21. The zero-order valence-corrected chi connectivity index (χ0v) is 14.9. The summed E-state index contributed by atoms with van der Waals surface area (Å²) in [6.45, 7) is 2.06. The predicted molar refractivity (Wildman–Crippen MR) is 101 cm³/mol. The van der Waals surface area contributed by atoms with Gasteiger partial charge in [-0.05, 0) is 24.1 Å². The molecule has 0 aliphatic carbocycles. The van der Waals surface area contributed by atoms with Gasteiger partial charge in [0.25, 0.3) is 0 Å². The van der Waals surface area contributed by atoms with Crippen LogP contribution in [0.4, 0.5) is 0 Å². The molecule has 0 atom stereocenters. The maximum Gasteiger partial charge on any atom is 0.232 e. The monoisotopic (exact) mass is 344 g/mol. The van der Waals surface area contributed by atoms with Crippen molar-refractivity contribution in [3.63, 3.8) is 0 Å². The molecule has 4 heteroatoms. The molecular formula is C21H16N2OS. The van der Waals surface area contributed by atoms with Crippen LogP contribution in [0.25, 0.3) is 22.4 Å². The molecule has 1 aliphatic heterocycles. The van der Waals surface area contributed by atoms with Crippen LogP contribution >= 0.6 is 11.8 Å². The van der Waals surface area contributed by atoms with E-state index in [1.807, 2.05) is 12.1 Å². The minimum Gasteiger partial charge on any atom is -0.480 e. The quantitative estimate of drug-likeness (QED) is 0.640. The lowest BCUT2D eigenvalue weighted by Gasteiger charge is -2.23. The summed E-state index contributed by atoms with van der Waals surface area (Å²) >= 11 is 1.79. The van der Waals surface area contributed by atoms with Gasteiger partial charge in [0, 0.05) is 21.8 Å². The number of hydrogen-bond donors (Lipinski definition) is 0. The molecule has 0 saturated heterocycles. The lowest BCUT2D eigenvalue weighted by Crippen LogP contribution is -2.06. The molecule has 1 aromatic heterocycles. The third-order valence-electron chi connectivity index (χ3n) is 4.42. The third-order valence-corrected chi connectivity index (χ3v) is 5.52. The number of fused-ring (bicyclic) bond motifs is 3. The molecule has 2 aromatic carbocycles. The number of nitriles is 1. The number of nitrogens with zero attached hydrogens (tertiary/aromatic N) is 2. The third kappa shape index (κ3) is 2.57. The van der Waals surface area contributed by atoms with Gasteiger partial charge in [0.15, 0.2) is 0 Å². The van der Waals surface area contributed by atoms with Crippen molar-refractivity contribution in [3.05, 3.63) is 65.2 Å². The maximum atomic E-state index is 9.77. The minimum atomic E-state index is 0.388. The summed E-state index contributed by atoms with van der Waals surface area (Å²) in [5.41, 5.74) is 6.78. The fraction of sp³-hybridized carbons (Fsp3) is 0.143. The van der Waals surface area contributed by atoms with Gasteiger partial charge < -0.3 is 4.74 Å². The Bertz CT molecular complexity index is 1000. The number of thioether (sulfide) groups is 1. The number of hydrogen-bond acceptors (Lipinski definition) is 4. The van der Waals surface area contributed by atoms with Crippen LogP contribution in [-0.2, 0) is 5.75 Å².